The molecule has 2 aliphatic rings. The number of alkyl halides is 2. The van der Waals surface area contributed by atoms with Gasteiger partial charge >= 0.3 is 5.97 Å². The molecule has 0 aromatic carbocycles. The lowest BCUT2D eigenvalue weighted by atomic mass is 9.89. The van der Waals surface area contributed by atoms with E-state index in [2.05, 4.69) is 31.9 Å². The summed E-state index contributed by atoms with van der Waals surface area (Å²) in [5, 5.41) is 0. The van der Waals surface area contributed by atoms with Gasteiger partial charge in [0.25, 0.3) is 5.79 Å². The highest BCUT2D eigenvalue weighted by Crippen LogP contribution is 2.70. The number of halogens is 2. The van der Waals surface area contributed by atoms with Crippen LogP contribution in [-0.2, 0) is 33.3 Å². The Morgan fingerprint density at radius 2 is 1.78 bits per heavy atom. The number of methoxy groups -OCH3 is 3. The molecule has 0 saturated heterocycles. The highest BCUT2D eigenvalue weighted by atomic mass is 79.9. The Labute approximate surface area is 151 Å². The summed E-state index contributed by atoms with van der Waals surface area (Å²) in [6.07, 6.45) is -0.616. The number of rotatable bonds is 6. The maximum absolute atomic E-state index is 13.3. The van der Waals surface area contributed by atoms with Gasteiger partial charge in [-0.1, -0.05) is 31.9 Å². The minimum atomic E-state index is -1.64. The molecule has 2 rings (SSSR count). The number of ether oxygens (including phenoxy) is 5. The monoisotopic (exact) mass is 458 g/mol. The predicted molar refractivity (Wildman–Crippen MR) is 86.6 cm³/mol. The van der Waals surface area contributed by atoms with Crippen LogP contribution in [0, 0.1) is 0 Å². The Morgan fingerprint density at radius 3 is 2.17 bits per heavy atom. The van der Waals surface area contributed by atoms with Crippen LogP contribution in [0.2, 0.25) is 0 Å². The van der Waals surface area contributed by atoms with Gasteiger partial charge in [-0.25, -0.2) is 0 Å². The van der Waals surface area contributed by atoms with Gasteiger partial charge < -0.3 is 23.7 Å². The lowest BCUT2D eigenvalue weighted by molar-refractivity contribution is -0.271. The van der Waals surface area contributed by atoms with E-state index in [0.29, 0.717) is 0 Å². The zero-order valence-electron chi connectivity index (χ0n) is 13.6. The molecule has 0 N–H and O–H groups in total. The molecule has 0 unspecified atom stereocenters. The Bertz CT molecular complexity index is 523. The molecule has 9 heteroatoms. The average Bonchev–Trinajstić information content (AvgIpc) is 2.75. The van der Waals surface area contributed by atoms with Gasteiger partial charge in [-0.15, -0.1) is 0 Å². The molecule has 0 aromatic heterocycles. The minimum Gasteiger partial charge on any atom is -0.460 e. The van der Waals surface area contributed by atoms with E-state index in [0.717, 1.165) is 0 Å². The summed E-state index contributed by atoms with van der Waals surface area (Å²) in [5.41, 5.74) is 0. The molecular weight excluding hydrogens is 440 g/mol. The molecule has 0 spiro atoms. The Morgan fingerprint density at radius 1 is 1.22 bits per heavy atom. The minimum absolute atomic E-state index is 0.194. The van der Waals surface area contributed by atoms with Crippen molar-refractivity contribution in [3.8, 4) is 0 Å². The zero-order valence-corrected chi connectivity index (χ0v) is 16.8. The van der Waals surface area contributed by atoms with Crippen molar-refractivity contribution in [2.75, 3.05) is 27.9 Å². The molecule has 0 aliphatic heterocycles. The van der Waals surface area contributed by atoms with Crippen molar-refractivity contribution in [1.82, 2.24) is 0 Å². The zero-order chi connectivity index (χ0) is 17.7. The van der Waals surface area contributed by atoms with E-state index >= 15 is 0 Å². The highest BCUT2D eigenvalue weighted by molar-refractivity contribution is 9.11. The van der Waals surface area contributed by atoms with Crippen molar-refractivity contribution in [3.63, 3.8) is 0 Å². The number of Topliss-reactive ketones (excluding diaryl/α,β-unsaturated/α-hetero) is 1. The van der Waals surface area contributed by atoms with E-state index in [1.165, 1.54) is 28.3 Å². The van der Waals surface area contributed by atoms with Gasteiger partial charge in [0.05, 0.1) is 0 Å². The summed E-state index contributed by atoms with van der Waals surface area (Å²) >= 11 is 7.03. The average molecular weight is 460 g/mol. The quantitative estimate of drug-likeness (QED) is 0.338. The molecule has 0 amide bonds. The van der Waals surface area contributed by atoms with Gasteiger partial charge in [0.15, 0.2) is 4.32 Å². The number of ketones is 1. The number of carbonyl (C=O) groups is 2. The van der Waals surface area contributed by atoms with Gasteiger partial charge in [0.1, 0.15) is 10.4 Å². The molecule has 132 valence electrons. The van der Waals surface area contributed by atoms with Crippen LogP contribution in [0.25, 0.3) is 0 Å². The van der Waals surface area contributed by atoms with E-state index < -0.39 is 38.1 Å². The van der Waals surface area contributed by atoms with Crippen LogP contribution >= 0.6 is 31.9 Å². The molecule has 2 saturated carbocycles. The second kappa shape index (κ2) is 6.03. The summed E-state index contributed by atoms with van der Waals surface area (Å²) in [4.78, 5) is 24.7. The fourth-order valence-corrected chi connectivity index (χ4v) is 6.65. The predicted octanol–water partition coefficient (Wildman–Crippen LogP) is 1.54. The summed E-state index contributed by atoms with van der Waals surface area (Å²) in [6.45, 7) is 3.26. The lowest BCUT2D eigenvalue weighted by Crippen LogP contribution is -2.62. The third kappa shape index (κ3) is 1.95. The SMILES string of the molecule is CCO[C@]1(OC)C(=O)[C@]2(Br)[C@H](OC(C)=O)C[C@@]1(Br)C2(OC)OC. The molecule has 4 atom stereocenters. The second-order valence-electron chi connectivity index (χ2n) is 5.42. The van der Waals surface area contributed by atoms with Gasteiger partial charge in [-0.3, -0.25) is 9.59 Å². The van der Waals surface area contributed by atoms with Crippen molar-refractivity contribution in [3.05, 3.63) is 0 Å². The van der Waals surface area contributed by atoms with E-state index in [1.807, 2.05) is 0 Å². The summed E-state index contributed by atoms with van der Waals surface area (Å²) in [5.74, 6) is -4.12. The van der Waals surface area contributed by atoms with Crippen molar-refractivity contribution in [2.45, 2.75) is 46.6 Å². The van der Waals surface area contributed by atoms with E-state index in [1.54, 1.807) is 6.92 Å². The Kier molecular flexibility index (Phi) is 5.05. The third-order valence-corrected chi connectivity index (χ3v) is 7.34. The topological polar surface area (TPSA) is 80.3 Å². The van der Waals surface area contributed by atoms with E-state index in [9.17, 15) is 9.59 Å². The van der Waals surface area contributed by atoms with Crippen molar-refractivity contribution in [2.24, 2.45) is 0 Å². The largest absolute Gasteiger partial charge is 0.460 e. The number of fused-ring (bicyclic) bond motifs is 2. The van der Waals surface area contributed by atoms with E-state index in [4.69, 9.17) is 23.7 Å². The maximum atomic E-state index is 13.3. The molecule has 7 nitrogen and oxygen atoms in total. The fraction of sp³-hybridized carbons (Fsp3) is 0.857. The molecular formula is C14H20Br2O7. The van der Waals surface area contributed by atoms with Crippen LogP contribution < -0.4 is 0 Å². The highest BCUT2D eigenvalue weighted by Gasteiger charge is 2.92. The smallest absolute Gasteiger partial charge is 0.302 e. The van der Waals surface area contributed by atoms with Crippen LogP contribution in [0.15, 0.2) is 0 Å². The van der Waals surface area contributed by atoms with E-state index in [-0.39, 0.29) is 13.0 Å². The summed E-state index contributed by atoms with van der Waals surface area (Å²) < 4.78 is 25.2. The Balaban J connectivity index is 2.70. The Hall–Kier alpha value is -0.0600. The van der Waals surface area contributed by atoms with Gasteiger partial charge in [-0.05, 0) is 6.92 Å². The van der Waals surface area contributed by atoms with Crippen LogP contribution in [0.1, 0.15) is 20.3 Å². The molecule has 23 heavy (non-hydrogen) atoms. The number of hydrogen-bond acceptors (Lipinski definition) is 7. The molecule has 0 aromatic rings. The fourth-order valence-electron chi connectivity index (χ4n) is 3.82. The summed E-state index contributed by atoms with van der Waals surface area (Å²) in [6, 6.07) is 0. The van der Waals surface area contributed by atoms with Crippen LogP contribution in [0.4, 0.5) is 0 Å². The van der Waals surface area contributed by atoms with Crippen molar-refractivity contribution < 1.29 is 33.3 Å². The molecule has 0 radical (unpaired) electrons. The molecule has 2 bridgehead atoms. The van der Waals surface area contributed by atoms with Gasteiger partial charge in [0, 0.05) is 41.3 Å². The van der Waals surface area contributed by atoms with Gasteiger partial charge in [-0.2, -0.15) is 0 Å². The first-order valence-electron chi connectivity index (χ1n) is 7.06. The van der Waals surface area contributed by atoms with Crippen LogP contribution in [-0.4, -0.2) is 66.0 Å². The lowest BCUT2D eigenvalue weighted by Gasteiger charge is -2.43. The number of hydrogen-bond donors (Lipinski definition) is 0. The molecule has 0 heterocycles. The first kappa shape index (κ1) is 19.3. The second-order valence-corrected chi connectivity index (χ2v) is 8.03. The first-order valence-corrected chi connectivity index (χ1v) is 8.65. The number of carbonyl (C=O) groups excluding carboxylic acids is 2. The maximum Gasteiger partial charge on any atom is 0.302 e. The number of esters is 1. The molecule has 2 aliphatic carbocycles. The van der Waals surface area contributed by atoms with Crippen molar-refractivity contribution in [1.29, 1.82) is 0 Å². The summed E-state index contributed by atoms with van der Waals surface area (Å²) in [7, 11) is 4.21. The molecule has 2 fully saturated rings. The van der Waals surface area contributed by atoms with Crippen molar-refractivity contribution >= 4 is 43.6 Å². The first-order chi connectivity index (χ1) is 10.7. The van der Waals surface area contributed by atoms with Gasteiger partial charge in [0.2, 0.25) is 11.6 Å². The third-order valence-electron chi connectivity index (χ3n) is 4.58. The standard InChI is InChI=1S/C14H20Br2O7/c1-6-22-13(19-3)10(18)12(16)9(23-8(2)17)7-11(13,15)14(12,20-4)21-5/h9H,6-7H2,1-5H3/t9-,11+,12-,13-/m1/s1. The van der Waals surface area contributed by atoms with Crippen LogP contribution in [0.3, 0.4) is 0 Å². The van der Waals surface area contributed by atoms with Crippen LogP contribution in [0.5, 0.6) is 0 Å². The normalized spacial score (nSPS) is 41.3.